The van der Waals surface area contributed by atoms with Crippen molar-refractivity contribution in [3.63, 3.8) is 0 Å². The molecule has 1 amide bonds. The summed E-state index contributed by atoms with van der Waals surface area (Å²) >= 11 is 6.42. The van der Waals surface area contributed by atoms with Gasteiger partial charge in [-0.05, 0) is 61.2 Å². The predicted molar refractivity (Wildman–Crippen MR) is 132 cm³/mol. The number of carbonyl (C=O) groups is 1. The number of nitrogens with zero attached hydrogens (tertiary/aromatic N) is 2. The lowest BCUT2D eigenvalue weighted by Gasteiger charge is -2.45. The van der Waals surface area contributed by atoms with E-state index in [2.05, 4.69) is 21.2 Å². The van der Waals surface area contributed by atoms with Crippen LogP contribution in [-0.2, 0) is 16.1 Å². The Balaban J connectivity index is 1.37. The van der Waals surface area contributed by atoms with Crippen molar-refractivity contribution in [1.29, 1.82) is 0 Å². The maximum Gasteiger partial charge on any atom is 0.224 e. The Kier molecular flexibility index (Phi) is 8.62. The Morgan fingerprint density at radius 1 is 1.12 bits per heavy atom. The molecular weight excluding hydrogens is 438 g/mol. The third kappa shape index (κ3) is 6.70. The molecule has 0 bridgehead atoms. The third-order valence-corrected chi connectivity index (χ3v) is 7.13. The number of likely N-dealkylation sites (tertiary alicyclic amines) is 1. The van der Waals surface area contributed by atoms with Crippen LogP contribution in [0.4, 0.5) is 5.69 Å². The second-order valence-corrected chi connectivity index (χ2v) is 9.31. The molecule has 2 aliphatic heterocycles. The molecule has 2 atom stereocenters. The zero-order valence-electron chi connectivity index (χ0n) is 19.3. The smallest absolute Gasteiger partial charge is 0.224 e. The average Bonchev–Trinajstić information content (AvgIpc) is 2.85. The zero-order valence-corrected chi connectivity index (χ0v) is 20.1. The zero-order chi connectivity index (χ0) is 23.0. The van der Waals surface area contributed by atoms with Crippen LogP contribution in [0.25, 0.3) is 0 Å². The van der Waals surface area contributed by atoms with Crippen LogP contribution in [-0.4, -0.2) is 68.3 Å². The van der Waals surface area contributed by atoms with Crippen LogP contribution >= 0.6 is 11.6 Å². The molecule has 0 saturated carbocycles. The number of methoxy groups -OCH3 is 1. The molecular formula is C26H34ClN3O3. The average molecular weight is 472 g/mol. The molecule has 0 aliphatic carbocycles. The van der Waals surface area contributed by atoms with Gasteiger partial charge in [0.2, 0.25) is 5.91 Å². The summed E-state index contributed by atoms with van der Waals surface area (Å²) in [5.74, 6) is 1.27. The van der Waals surface area contributed by atoms with E-state index in [1.165, 1.54) is 5.56 Å². The number of piperidine rings is 1. The summed E-state index contributed by atoms with van der Waals surface area (Å²) in [5.41, 5.74) is 1.97. The van der Waals surface area contributed by atoms with E-state index >= 15 is 0 Å². The molecule has 2 aromatic carbocycles. The van der Waals surface area contributed by atoms with E-state index in [9.17, 15) is 4.79 Å². The minimum atomic E-state index is 0.0594. The number of anilines is 1. The number of ether oxygens (including phenoxy) is 2. The fourth-order valence-electron chi connectivity index (χ4n) is 4.99. The first-order valence-electron chi connectivity index (χ1n) is 11.8. The summed E-state index contributed by atoms with van der Waals surface area (Å²) in [5, 5.41) is 3.85. The lowest BCUT2D eigenvalue weighted by molar-refractivity contribution is -0.116. The van der Waals surface area contributed by atoms with Crippen LogP contribution in [0.3, 0.4) is 0 Å². The monoisotopic (exact) mass is 471 g/mol. The number of nitrogens with one attached hydrogen (secondary N) is 1. The summed E-state index contributed by atoms with van der Waals surface area (Å²) in [6, 6.07) is 16.0. The fraction of sp³-hybridized carbons (Fsp3) is 0.500. The first-order valence-corrected chi connectivity index (χ1v) is 12.2. The number of carbonyl (C=O) groups excluding carboxylic acids is 1. The second-order valence-electron chi connectivity index (χ2n) is 8.91. The van der Waals surface area contributed by atoms with Gasteiger partial charge in [-0.25, -0.2) is 0 Å². The highest BCUT2D eigenvalue weighted by Gasteiger charge is 2.34. The van der Waals surface area contributed by atoms with Crippen LogP contribution in [0.15, 0.2) is 48.5 Å². The van der Waals surface area contributed by atoms with Crippen LogP contribution in [0, 0.1) is 5.92 Å². The molecule has 33 heavy (non-hydrogen) atoms. The third-order valence-electron chi connectivity index (χ3n) is 6.76. The number of rotatable bonds is 8. The first-order chi connectivity index (χ1) is 16.1. The quantitative estimate of drug-likeness (QED) is 0.622. The number of amides is 1. The first kappa shape index (κ1) is 24.0. The maximum atomic E-state index is 12.7. The second kappa shape index (κ2) is 11.8. The number of hydrogen-bond donors (Lipinski definition) is 1. The molecule has 1 N–H and O–H groups in total. The SMILES string of the molecule is COc1ccc(NC(=O)CC[C@@H]2CN(Cc3ccccc3Cl)CC[C@@H]2N2CCOCC2)cc1. The van der Waals surface area contributed by atoms with E-state index in [0.29, 0.717) is 18.4 Å². The van der Waals surface area contributed by atoms with Gasteiger partial charge in [0.1, 0.15) is 5.75 Å². The molecule has 178 valence electrons. The number of benzene rings is 2. The van der Waals surface area contributed by atoms with Crippen molar-refractivity contribution in [3.05, 3.63) is 59.1 Å². The van der Waals surface area contributed by atoms with E-state index in [1.807, 2.05) is 42.5 Å². The Morgan fingerprint density at radius 2 is 1.88 bits per heavy atom. The molecule has 0 aromatic heterocycles. The van der Waals surface area contributed by atoms with Crippen molar-refractivity contribution in [1.82, 2.24) is 9.80 Å². The van der Waals surface area contributed by atoms with Gasteiger partial charge >= 0.3 is 0 Å². The van der Waals surface area contributed by atoms with E-state index in [0.717, 1.165) is 75.2 Å². The van der Waals surface area contributed by atoms with Crippen molar-refractivity contribution in [3.8, 4) is 5.75 Å². The van der Waals surface area contributed by atoms with E-state index in [-0.39, 0.29) is 5.91 Å². The minimum Gasteiger partial charge on any atom is -0.497 e. The van der Waals surface area contributed by atoms with Crippen molar-refractivity contribution < 1.29 is 14.3 Å². The van der Waals surface area contributed by atoms with Gasteiger partial charge in [-0.1, -0.05) is 29.8 Å². The summed E-state index contributed by atoms with van der Waals surface area (Å²) < 4.78 is 10.8. The lowest BCUT2D eigenvalue weighted by atomic mass is 9.86. The highest BCUT2D eigenvalue weighted by Crippen LogP contribution is 2.29. The molecule has 6 nitrogen and oxygen atoms in total. The van der Waals surface area contributed by atoms with E-state index in [1.54, 1.807) is 7.11 Å². The highest BCUT2D eigenvalue weighted by molar-refractivity contribution is 6.31. The molecule has 2 fully saturated rings. The van der Waals surface area contributed by atoms with Crippen LogP contribution < -0.4 is 10.1 Å². The molecule has 7 heteroatoms. The standard InChI is InChI=1S/C26H34ClN3O3/c1-32-23-9-7-22(8-10-23)28-26(31)11-6-21-19-29(18-20-4-2-3-5-24(20)27)13-12-25(21)30-14-16-33-17-15-30/h2-5,7-10,21,25H,6,11-19H2,1H3,(H,28,31)/t21-,25+/m1/s1. The van der Waals surface area contributed by atoms with Crippen LogP contribution in [0.5, 0.6) is 5.75 Å². The van der Waals surface area contributed by atoms with Gasteiger partial charge in [-0.15, -0.1) is 0 Å². The summed E-state index contributed by atoms with van der Waals surface area (Å²) in [4.78, 5) is 17.8. The van der Waals surface area contributed by atoms with Gasteiger partial charge < -0.3 is 14.8 Å². The minimum absolute atomic E-state index is 0.0594. The Bertz CT molecular complexity index is 902. The van der Waals surface area contributed by atoms with E-state index in [4.69, 9.17) is 21.1 Å². The molecule has 2 aromatic rings. The van der Waals surface area contributed by atoms with Gasteiger partial charge in [0.05, 0.1) is 20.3 Å². The fourth-order valence-corrected chi connectivity index (χ4v) is 5.19. The lowest BCUT2D eigenvalue weighted by Crippen LogP contribution is -2.53. The van der Waals surface area contributed by atoms with Gasteiger partial charge in [-0.2, -0.15) is 0 Å². The molecule has 2 heterocycles. The largest absolute Gasteiger partial charge is 0.497 e. The molecule has 2 saturated heterocycles. The predicted octanol–water partition coefficient (Wildman–Crippen LogP) is 4.29. The number of hydrogen-bond acceptors (Lipinski definition) is 5. The van der Waals surface area contributed by atoms with Crippen LogP contribution in [0.1, 0.15) is 24.8 Å². The summed E-state index contributed by atoms with van der Waals surface area (Å²) in [6.07, 6.45) is 2.48. The van der Waals surface area contributed by atoms with Crippen molar-refractivity contribution in [2.24, 2.45) is 5.92 Å². The van der Waals surface area contributed by atoms with E-state index < -0.39 is 0 Å². The Morgan fingerprint density at radius 3 is 2.61 bits per heavy atom. The van der Waals surface area contributed by atoms with Gasteiger partial charge in [0, 0.05) is 49.4 Å². The van der Waals surface area contributed by atoms with Crippen molar-refractivity contribution in [2.45, 2.75) is 31.8 Å². The number of morpholine rings is 1. The Hall–Kier alpha value is -2.12. The normalized spacial score (nSPS) is 22.1. The topological polar surface area (TPSA) is 54.0 Å². The van der Waals surface area contributed by atoms with Gasteiger partial charge in [0.15, 0.2) is 0 Å². The molecule has 4 rings (SSSR count). The highest BCUT2D eigenvalue weighted by atomic mass is 35.5. The Labute approximate surface area is 201 Å². The maximum absolute atomic E-state index is 12.7. The molecule has 0 spiro atoms. The molecule has 0 unspecified atom stereocenters. The van der Waals surface area contributed by atoms with Gasteiger partial charge in [0.25, 0.3) is 0 Å². The molecule has 0 radical (unpaired) electrons. The number of halogens is 1. The summed E-state index contributed by atoms with van der Waals surface area (Å²) in [6.45, 7) is 6.41. The molecule has 2 aliphatic rings. The van der Waals surface area contributed by atoms with Crippen molar-refractivity contribution >= 4 is 23.2 Å². The van der Waals surface area contributed by atoms with Crippen molar-refractivity contribution in [2.75, 3.05) is 51.8 Å². The van der Waals surface area contributed by atoms with Crippen LogP contribution in [0.2, 0.25) is 5.02 Å². The summed E-state index contributed by atoms with van der Waals surface area (Å²) in [7, 11) is 1.64. The van der Waals surface area contributed by atoms with Gasteiger partial charge in [-0.3, -0.25) is 14.6 Å².